The third-order valence-electron chi connectivity index (χ3n) is 3.81. The van der Waals surface area contributed by atoms with Crippen molar-refractivity contribution in [1.82, 2.24) is 10.0 Å². The molecule has 0 radical (unpaired) electrons. The summed E-state index contributed by atoms with van der Waals surface area (Å²) in [5.41, 5.74) is -1.16. The molecule has 1 amide bonds. The largest absolute Gasteiger partial charge is 0.444 e. The van der Waals surface area contributed by atoms with Gasteiger partial charge in [-0.15, -0.1) is 0 Å². The molecular weight excluding hydrogens is 497 g/mol. The summed E-state index contributed by atoms with van der Waals surface area (Å²) < 4.78 is 47.1. The lowest BCUT2D eigenvalue weighted by molar-refractivity contribution is -0.387. The Balaban J connectivity index is 2.33. The second-order valence-corrected chi connectivity index (χ2v) is 10.1. The Bertz CT molecular complexity index is 1070. The van der Waals surface area contributed by atoms with Crippen molar-refractivity contribution in [3.63, 3.8) is 0 Å². The van der Waals surface area contributed by atoms with Gasteiger partial charge in [-0.25, -0.2) is 22.3 Å². The number of rotatable bonds is 7. The second-order valence-electron chi connectivity index (χ2n) is 7.48. The van der Waals surface area contributed by atoms with Crippen LogP contribution in [0.2, 0.25) is 0 Å². The smallest absolute Gasteiger partial charge is 0.408 e. The summed E-state index contributed by atoms with van der Waals surface area (Å²) in [4.78, 5) is 22.1. The molecule has 0 fully saturated rings. The molecule has 2 aromatic carbocycles. The van der Waals surface area contributed by atoms with Crippen molar-refractivity contribution in [3.05, 3.63) is 68.4 Å². The van der Waals surface area contributed by atoms with E-state index in [-0.39, 0.29) is 5.56 Å². The van der Waals surface area contributed by atoms with Crippen LogP contribution in [0.1, 0.15) is 32.4 Å². The van der Waals surface area contributed by atoms with E-state index in [2.05, 4.69) is 26.0 Å². The van der Waals surface area contributed by atoms with Gasteiger partial charge in [0.1, 0.15) is 11.4 Å². The molecule has 2 rings (SSSR count). The van der Waals surface area contributed by atoms with Crippen LogP contribution in [0.3, 0.4) is 0 Å². The highest BCUT2D eigenvalue weighted by Gasteiger charge is 2.27. The number of nitro benzene ring substituents is 1. The van der Waals surface area contributed by atoms with Crippen LogP contribution in [0.4, 0.5) is 14.9 Å². The van der Waals surface area contributed by atoms with Gasteiger partial charge < -0.3 is 10.1 Å². The number of carbonyl (C=O) groups is 1. The van der Waals surface area contributed by atoms with Crippen LogP contribution in [0.25, 0.3) is 0 Å². The number of alkyl carbamates (subject to hydrolysis) is 1. The molecule has 2 aromatic rings. The first-order chi connectivity index (χ1) is 14.3. The third-order valence-corrected chi connectivity index (χ3v) is 5.74. The number of benzene rings is 2. The first-order valence-electron chi connectivity index (χ1n) is 8.97. The van der Waals surface area contributed by atoms with Gasteiger partial charge in [-0.05, 0) is 50.6 Å². The lowest BCUT2D eigenvalue weighted by Crippen LogP contribution is -2.40. The van der Waals surface area contributed by atoms with Crippen molar-refractivity contribution in [1.29, 1.82) is 0 Å². The van der Waals surface area contributed by atoms with E-state index < -0.39 is 55.6 Å². The molecule has 168 valence electrons. The van der Waals surface area contributed by atoms with E-state index in [1.807, 2.05) is 0 Å². The van der Waals surface area contributed by atoms with E-state index >= 15 is 0 Å². The van der Waals surface area contributed by atoms with E-state index in [9.17, 15) is 27.7 Å². The number of para-hydroxylation sites is 1. The van der Waals surface area contributed by atoms with Crippen LogP contribution in [0, 0.1) is 15.9 Å². The number of halogens is 2. The van der Waals surface area contributed by atoms with Crippen molar-refractivity contribution in [2.24, 2.45) is 0 Å². The molecule has 31 heavy (non-hydrogen) atoms. The van der Waals surface area contributed by atoms with Gasteiger partial charge in [0.15, 0.2) is 4.90 Å². The lowest BCUT2D eigenvalue weighted by atomic mass is 10.1. The number of hydrogen-bond acceptors (Lipinski definition) is 6. The summed E-state index contributed by atoms with van der Waals surface area (Å²) >= 11 is 3.15. The Hall–Kier alpha value is -2.57. The Morgan fingerprint density at radius 1 is 1.26 bits per heavy atom. The maximum absolute atomic E-state index is 13.9. The Morgan fingerprint density at radius 2 is 1.90 bits per heavy atom. The number of nitro groups is 1. The number of nitrogens with one attached hydrogen (secondary N) is 2. The molecule has 0 heterocycles. The monoisotopic (exact) mass is 517 g/mol. The fraction of sp³-hybridized carbons (Fsp3) is 0.316. The zero-order valence-electron chi connectivity index (χ0n) is 16.9. The molecule has 0 aliphatic heterocycles. The zero-order valence-corrected chi connectivity index (χ0v) is 19.3. The highest BCUT2D eigenvalue weighted by atomic mass is 79.9. The molecule has 12 heteroatoms. The summed E-state index contributed by atoms with van der Waals surface area (Å²) in [5, 5.41) is 13.7. The van der Waals surface area contributed by atoms with Crippen LogP contribution in [0.5, 0.6) is 0 Å². The van der Waals surface area contributed by atoms with Crippen LogP contribution < -0.4 is 10.0 Å². The minimum Gasteiger partial charge on any atom is -0.444 e. The quantitative estimate of drug-likeness (QED) is 0.421. The predicted molar refractivity (Wildman–Crippen MR) is 114 cm³/mol. The fourth-order valence-electron chi connectivity index (χ4n) is 2.58. The van der Waals surface area contributed by atoms with Gasteiger partial charge in [0.05, 0.1) is 11.0 Å². The number of sulfonamides is 1. The van der Waals surface area contributed by atoms with Gasteiger partial charge in [-0.1, -0.05) is 28.1 Å². The van der Waals surface area contributed by atoms with E-state index in [4.69, 9.17) is 4.74 Å². The third kappa shape index (κ3) is 7.26. The molecule has 0 bridgehead atoms. The molecule has 9 nitrogen and oxygen atoms in total. The average molecular weight is 518 g/mol. The van der Waals surface area contributed by atoms with Gasteiger partial charge in [0.2, 0.25) is 10.0 Å². The average Bonchev–Trinajstić information content (AvgIpc) is 2.62. The molecular formula is C19H21BrFN3O6S. The second kappa shape index (κ2) is 9.71. The normalized spacial score (nSPS) is 12.8. The van der Waals surface area contributed by atoms with Gasteiger partial charge in [0, 0.05) is 17.1 Å². The fourth-order valence-corrected chi connectivity index (χ4v) is 4.28. The maximum atomic E-state index is 13.9. The van der Waals surface area contributed by atoms with E-state index in [1.54, 1.807) is 20.8 Å². The number of ether oxygens (including phenoxy) is 1. The van der Waals surface area contributed by atoms with E-state index in [0.29, 0.717) is 4.47 Å². The van der Waals surface area contributed by atoms with Crippen molar-refractivity contribution in [2.75, 3.05) is 6.54 Å². The molecule has 0 saturated heterocycles. The zero-order chi connectivity index (χ0) is 23.4. The summed E-state index contributed by atoms with van der Waals surface area (Å²) in [6.07, 6.45) is -0.845. The first kappa shape index (κ1) is 24.7. The maximum Gasteiger partial charge on any atom is 0.408 e. The minimum absolute atomic E-state index is 0.253. The summed E-state index contributed by atoms with van der Waals surface area (Å²) in [7, 11) is -4.32. The highest BCUT2D eigenvalue weighted by Crippen LogP contribution is 2.24. The van der Waals surface area contributed by atoms with Crippen LogP contribution in [0.15, 0.2) is 51.8 Å². The van der Waals surface area contributed by atoms with Crippen LogP contribution >= 0.6 is 15.9 Å². The number of carbonyl (C=O) groups excluding carboxylic acids is 1. The molecule has 1 atom stereocenters. The molecule has 0 aliphatic carbocycles. The summed E-state index contributed by atoms with van der Waals surface area (Å²) in [6, 6.07) is 7.65. The molecule has 0 aliphatic rings. The molecule has 1 unspecified atom stereocenters. The summed E-state index contributed by atoms with van der Waals surface area (Å²) in [6.45, 7) is 4.54. The number of nitrogens with zero attached hydrogens (tertiary/aromatic N) is 1. The molecule has 0 saturated carbocycles. The first-order valence-corrected chi connectivity index (χ1v) is 11.2. The minimum atomic E-state index is -4.32. The Labute approximate surface area is 187 Å². The Morgan fingerprint density at radius 3 is 2.48 bits per heavy atom. The van der Waals surface area contributed by atoms with Crippen LogP contribution in [-0.2, 0) is 14.8 Å². The van der Waals surface area contributed by atoms with Crippen molar-refractivity contribution in [3.8, 4) is 0 Å². The predicted octanol–water partition coefficient (Wildman–Crippen LogP) is 4.04. The SMILES string of the molecule is CC(C)(C)OC(=O)NC(CNS(=O)(=O)c1ccccc1[N+](=O)[O-])c1cc(F)cc(Br)c1. The van der Waals surface area contributed by atoms with E-state index in [0.717, 1.165) is 18.2 Å². The summed E-state index contributed by atoms with van der Waals surface area (Å²) in [5.74, 6) is -0.609. The standard InChI is InChI=1S/C19H21BrFN3O6S/c1-19(2,3)30-18(25)23-15(12-8-13(20)10-14(21)9-12)11-22-31(28,29)17-7-5-4-6-16(17)24(26)27/h4-10,15,22H,11H2,1-3H3,(H,23,25). The number of amides is 1. The number of hydrogen-bond donors (Lipinski definition) is 2. The van der Waals surface area contributed by atoms with E-state index in [1.165, 1.54) is 24.3 Å². The lowest BCUT2D eigenvalue weighted by Gasteiger charge is -2.24. The van der Waals surface area contributed by atoms with Gasteiger partial charge in [0.25, 0.3) is 5.69 Å². The Kier molecular flexibility index (Phi) is 7.73. The van der Waals surface area contributed by atoms with Gasteiger partial charge >= 0.3 is 6.09 Å². The topological polar surface area (TPSA) is 128 Å². The van der Waals surface area contributed by atoms with Gasteiger partial charge in [-0.3, -0.25) is 10.1 Å². The highest BCUT2D eigenvalue weighted by molar-refractivity contribution is 9.10. The molecule has 0 spiro atoms. The van der Waals surface area contributed by atoms with Crippen molar-refractivity contribution >= 4 is 37.7 Å². The van der Waals surface area contributed by atoms with Gasteiger partial charge in [-0.2, -0.15) is 0 Å². The molecule has 0 aromatic heterocycles. The van der Waals surface area contributed by atoms with Crippen LogP contribution in [-0.4, -0.2) is 31.6 Å². The van der Waals surface area contributed by atoms with Crippen molar-refractivity contribution < 1.29 is 27.3 Å². The van der Waals surface area contributed by atoms with Crippen molar-refractivity contribution in [2.45, 2.75) is 37.3 Å². The molecule has 2 N–H and O–H groups in total.